The number of amides is 1. The van der Waals surface area contributed by atoms with Gasteiger partial charge in [-0.3, -0.25) is 9.69 Å². The summed E-state index contributed by atoms with van der Waals surface area (Å²) < 4.78 is 0. The molecule has 5 nitrogen and oxygen atoms in total. The number of anilines is 1. The average Bonchev–Trinajstić information content (AvgIpc) is 2.73. The molecule has 1 atom stereocenters. The molecule has 0 aliphatic carbocycles. The molecule has 0 spiro atoms. The second-order valence-electron chi connectivity index (χ2n) is 5.43. The second-order valence-corrected chi connectivity index (χ2v) is 5.43. The predicted molar refractivity (Wildman–Crippen MR) is 75.6 cm³/mol. The Morgan fingerprint density at radius 1 is 1.58 bits per heavy atom. The molecule has 1 aromatic heterocycles. The molecular formula is C14H22N4O. The first kappa shape index (κ1) is 13.8. The van der Waals surface area contributed by atoms with Crippen molar-refractivity contribution in [2.75, 3.05) is 25.0 Å². The fourth-order valence-electron chi connectivity index (χ4n) is 2.47. The van der Waals surface area contributed by atoms with Gasteiger partial charge in [0.1, 0.15) is 5.82 Å². The third-order valence-corrected chi connectivity index (χ3v) is 3.70. The molecular weight excluding hydrogens is 240 g/mol. The maximum Gasteiger partial charge on any atom is 0.224 e. The van der Waals surface area contributed by atoms with Crippen molar-refractivity contribution in [2.24, 2.45) is 11.1 Å². The number of carbonyl (C=O) groups excluding carboxylic acids is 1. The molecule has 0 bridgehead atoms. The van der Waals surface area contributed by atoms with Crippen molar-refractivity contribution in [3.8, 4) is 0 Å². The number of hydrogen-bond acceptors (Lipinski definition) is 4. The Hall–Kier alpha value is -1.62. The van der Waals surface area contributed by atoms with Crippen LogP contribution >= 0.6 is 0 Å². The number of pyridine rings is 1. The highest BCUT2D eigenvalue weighted by Crippen LogP contribution is 2.30. The van der Waals surface area contributed by atoms with Crippen molar-refractivity contribution in [1.82, 2.24) is 9.88 Å². The summed E-state index contributed by atoms with van der Waals surface area (Å²) in [6.45, 7) is 7.23. The van der Waals surface area contributed by atoms with Gasteiger partial charge in [-0.15, -0.1) is 0 Å². The molecule has 1 fully saturated rings. The predicted octanol–water partition coefficient (Wildman–Crippen LogP) is 1.21. The Labute approximate surface area is 114 Å². The van der Waals surface area contributed by atoms with E-state index >= 15 is 0 Å². The smallest absolute Gasteiger partial charge is 0.224 e. The molecule has 1 aliphatic heterocycles. The molecule has 0 saturated carbocycles. The molecule has 19 heavy (non-hydrogen) atoms. The van der Waals surface area contributed by atoms with Crippen LogP contribution in [-0.4, -0.2) is 35.4 Å². The van der Waals surface area contributed by atoms with Crippen LogP contribution in [0.15, 0.2) is 18.2 Å². The Bertz CT molecular complexity index is 463. The molecule has 104 valence electrons. The maximum absolute atomic E-state index is 11.4. The molecule has 2 rings (SSSR count). The van der Waals surface area contributed by atoms with Gasteiger partial charge in [0.25, 0.3) is 0 Å². The van der Waals surface area contributed by atoms with Gasteiger partial charge in [-0.25, -0.2) is 4.98 Å². The van der Waals surface area contributed by atoms with Gasteiger partial charge in [-0.05, 0) is 38.9 Å². The van der Waals surface area contributed by atoms with E-state index < -0.39 is 0 Å². The lowest BCUT2D eigenvalue weighted by atomic mass is 9.89. The van der Waals surface area contributed by atoms with E-state index in [0.717, 1.165) is 44.1 Å². The summed E-state index contributed by atoms with van der Waals surface area (Å²) in [5, 5.41) is 3.20. The number of rotatable bonds is 5. The summed E-state index contributed by atoms with van der Waals surface area (Å²) in [4.78, 5) is 18.2. The van der Waals surface area contributed by atoms with Crippen LogP contribution in [0.2, 0.25) is 0 Å². The number of carbonyl (C=O) groups is 1. The van der Waals surface area contributed by atoms with Gasteiger partial charge in [-0.1, -0.05) is 6.07 Å². The molecule has 1 saturated heterocycles. The average molecular weight is 262 g/mol. The summed E-state index contributed by atoms with van der Waals surface area (Å²) in [6, 6.07) is 5.98. The van der Waals surface area contributed by atoms with Crippen LogP contribution < -0.4 is 11.1 Å². The van der Waals surface area contributed by atoms with Crippen LogP contribution in [0.4, 0.5) is 5.82 Å². The number of likely N-dealkylation sites (tertiary alicyclic amines) is 1. The standard InChI is InChI=1S/C14H22N4O/c1-3-16-12-6-4-5-11(17-12)9-18-8-7-14(2,10-18)13(15)19/h4-6H,3,7-10H2,1-2H3,(H2,15,19)(H,16,17). The van der Waals surface area contributed by atoms with E-state index in [9.17, 15) is 4.79 Å². The van der Waals surface area contributed by atoms with Crippen LogP contribution in [0.1, 0.15) is 26.0 Å². The minimum Gasteiger partial charge on any atom is -0.370 e. The number of hydrogen-bond donors (Lipinski definition) is 2. The van der Waals surface area contributed by atoms with Gasteiger partial charge in [0.05, 0.1) is 11.1 Å². The Morgan fingerprint density at radius 3 is 3.00 bits per heavy atom. The molecule has 1 amide bonds. The van der Waals surface area contributed by atoms with Gasteiger partial charge in [0, 0.05) is 19.6 Å². The molecule has 5 heteroatoms. The van der Waals surface area contributed by atoms with Crippen LogP contribution in [-0.2, 0) is 11.3 Å². The molecule has 3 N–H and O–H groups in total. The highest BCUT2D eigenvalue weighted by Gasteiger charge is 2.38. The van der Waals surface area contributed by atoms with Crippen LogP contribution in [0.3, 0.4) is 0 Å². The molecule has 1 aromatic rings. The monoisotopic (exact) mass is 262 g/mol. The third-order valence-electron chi connectivity index (χ3n) is 3.70. The molecule has 1 unspecified atom stereocenters. The summed E-state index contributed by atoms with van der Waals surface area (Å²) in [6.07, 6.45) is 0.829. The number of aromatic nitrogens is 1. The Balaban J connectivity index is 1.99. The van der Waals surface area contributed by atoms with Crippen LogP contribution in [0.25, 0.3) is 0 Å². The largest absolute Gasteiger partial charge is 0.370 e. The number of nitrogens with zero attached hydrogens (tertiary/aromatic N) is 2. The van der Waals surface area contributed by atoms with E-state index in [4.69, 9.17) is 5.73 Å². The van der Waals surface area contributed by atoms with Crippen molar-refractivity contribution in [1.29, 1.82) is 0 Å². The van der Waals surface area contributed by atoms with Crippen molar-refractivity contribution >= 4 is 11.7 Å². The molecule has 0 radical (unpaired) electrons. The van der Waals surface area contributed by atoms with Crippen LogP contribution in [0.5, 0.6) is 0 Å². The van der Waals surface area contributed by atoms with Gasteiger partial charge >= 0.3 is 0 Å². The fourth-order valence-corrected chi connectivity index (χ4v) is 2.47. The van der Waals surface area contributed by atoms with Gasteiger partial charge in [0.15, 0.2) is 0 Å². The summed E-state index contributed by atoms with van der Waals surface area (Å²) in [5.74, 6) is 0.696. The zero-order valence-electron chi connectivity index (χ0n) is 11.6. The number of nitrogens with one attached hydrogen (secondary N) is 1. The lowest BCUT2D eigenvalue weighted by Crippen LogP contribution is -2.37. The Kier molecular flexibility index (Phi) is 4.04. The molecule has 0 aromatic carbocycles. The van der Waals surface area contributed by atoms with Gasteiger partial charge < -0.3 is 11.1 Å². The highest BCUT2D eigenvalue weighted by molar-refractivity contribution is 5.81. The lowest BCUT2D eigenvalue weighted by Gasteiger charge is -2.20. The van der Waals surface area contributed by atoms with E-state index in [1.807, 2.05) is 32.0 Å². The fraction of sp³-hybridized carbons (Fsp3) is 0.571. The quantitative estimate of drug-likeness (QED) is 0.836. The third kappa shape index (κ3) is 3.23. The zero-order chi connectivity index (χ0) is 13.9. The van der Waals surface area contributed by atoms with E-state index in [1.165, 1.54) is 0 Å². The highest BCUT2D eigenvalue weighted by atomic mass is 16.1. The van der Waals surface area contributed by atoms with Crippen molar-refractivity contribution in [2.45, 2.75) is 26.8 Å². The summed E-state index contributed by atoms with van der Waals surface area (Å²) >= 11 is 0. The molecule has 1 aliphatic rings. The molecule has 2 heterocycles. The van der Waals surface area contributed by atoms with E-state index in [1.54, 1.807) is 0 Å². The van der Waals surface area contributed by atoms with Crippen molar-refractivity contribution in [3.63, 3.8) is 0 Å². The minimum absolute atomic E-state index is 0.204. The zero-order valence-corrected chi connectivity index (χ0v) is 11.6. The first-order chi connectivity index (χ1) is 9.03. The van der Waals surface area contributed by atoms with Crippen molar-refractivity contribution in [3.05, 3.63) is 23.9 Å². The Morgan fingerprint density at radius 2 is 2.37 bits per heavy atom. The van der Waals surface area contributed by atoms with Crippen LogP contribution in [0, 0.1) is 5.41 Å². The SMILES string of the molecule is CCNc1cccc(CN2CCC(C)(C(N)=O)C2)n1. The van der Waals surface area contributed by atoms with Gasteiger partial charge in [-0.2, -0.15) is 0 Å². The number of nitrogens with two attached hydrogens (primary N) is 1. The second kappa shape index (κ2) is 5.57. The summed E-state index contributed by atoms with van der Waals surface area (Å²) in [7, 11) is 0. The van der Waals surface area contributed by atoms with E-state index in [-0.39, 0.29) is 11.3 Å². The number of primary amides is 1. The first-order valence-corrected chi connectivity index (χ1v) is 6.75. The van der Waals surface area contributed by atoms with Gasteiger partial charge in [0.2, 0.25) is 5.91 Å². The van der Waals surface area contributed by atoms with E-state index in [2.05, 4.69) is 15.2 Å². The normalized spacial score (nSPS) is 23.5. The summed E-state index contributed by atoms with van der Waals surface area (Å²) in [5.41, 5.74) is 6.09. The minimum atomic E-state index is -0.390. The van der Waals surface area contributed by atoms with Crippen molar-refractivity contribution < 1.29 is 4.79 Å². The van der Waals surface area contributed by atoms with E-state index in [0.29, 0.717) is 0 Å². The lowest BCUT2D eigenvalue weighted by molar-refractivity contribution is -0.126. The topological polar surface area (TPSA) is 71.2 Å². The first-order valence-electron chi connectivity index (χ1n) is 6.75. The maximum atomic E-state index is 11.4.